The molecule has 0 unspecified atom stereocenters. The molecule has 0 aliphatic rings. The molecule has 3 aromatic rings. The van der Waals surface area contributed by atoms with Gasteiger partial charge in [-0.2, -0.15) is 0 Å². The second kappa shape index (κ2) is 11.0. The first-order valence-corrected chi connectivity index (χ1v) is 11.4. The van der Waals surface area contributed by atoms with Crippen LogP contribution in [0.25, 0.3) is 0 Å². The van der Waals surface area contributed by atoms with E-state index < -0.39 is 11.9 Å². The molecule has 0 heterocycles. The standard InChI is InChI=1S/C28H30O7/c1-6-12-33-27(31)23-17(3)14-22(19(5)26(23)30)35-28(32)24-16(2)13-21(18(4)25(24)29)34-15-20-10-8-7-9-11-20/h7-11,13-14,29-30H,6,12,15H2,1-5H3. The van der Waals surface area contributed by atoms with E-state index in [-0.39, 0.29) is 40.5 Å². The maximum Gasteiger partial charge on any atom is 0.347 e. The van der Waals surface area contributed by atoms with Gasteiger partial charge in [-0.3, -0.25) is 0 Å². The molecule has 0 fully saturated rings. The van der Waals surface area contributed by atoms with Crippen molar-refractivity contribution in [3.8, 4) is 23.0 Å². The van der Waals surface area contributed by atoms with Crippen molar-refractivity contribution in [2.45, 2.75) is 47.6 Å². The Hall–Kier alpha value is -4.00. The Morgan fingerprint density at radius 3 is 1.94 bits per heavy atom. The minimum absolute atomic E-state index is 0.00228. The molecule has 7 heteroatoms. The quantitative estimate of drug-likeness (QED) is 0.316. The minimum atomic E-state index is -0.791. The lowest BCUT2D eigenvalue weighted by molar-refractivity contribution is 0.0500. The van der Waals surface area contributed by atoms with Crippen LogP contribution in [0.4, 0.5) is 0 Å². The molecular weight excluding hydrogens is 448 g/mol. The van der Waals surface area contributed by atoms with Crippen molar-refractivity contribution in [2.24, 2.45) is 0 Å². The highest BCUT2D eigenvalue weighted by Crippen LogP contribution is 2.37. The van der Waals surface area contributed by atoms with Gasteiger partial charge in [-0.25, -0.2) is 9.59 Å². The van der Waals surface area contributed by atoms with Crippen molar-refractivity contribution in [1.29, 1.82) is 0 Å². The van der Waals surface area contributed by atoms with Gasteiger partial charge < -0.3 is 24.4 Å². The van der Waals surface area contributed by atoms with Crippen molar-refractivity contribution in [1.82, 2.24) is 0 Å². The van der Waals surface area contributed by atoms with Gasteiger partial charge in [0.05, 0.1) is 6.61 Å². The van der Waals surface area contributed by atoms with E-state index >= 15 is 0 Å². The number of rotatable bonds is 8. The third kappa shape index (κ3) is 5.57. The molecule has 2 N–H and O–H groups in total. The molecular formula is C28H30O7. The first-order valence-electron chi connectivity index (χ1n) is 11.4. The van der Waals surface area contributed by atoms with E-state index in [1.807, 2.05) is 37.3 Å². The van der Waals surface area contributed by atoms with Gasteiger partial charge >= 0.3 is 11.9 Å². The molecule has 7 nitrogen and oxygen atoms in total. The summed E-state index contributed by atoms with van der Waals surface area (Å²) in [5.41, 5.74) is 2.49. The number of hydrogen-bond donors (Lipinski definition) is 2. The van der Waals surface area contributed by atoms with E-state index in [2.05, 4.69) is 0 Å². The molecule has 3 aromatic carbocycles. The molecule has 184 valence electrons. The monoisotopic (exact) mass is 478 g/mol. The second-order valence-electron chi connectivity index (χ2n) is 8.38. The number of ether oxygens (including phenoxy) is 3. The van der Waals surface area contributed by atoms with Crippen molar-refractivity contribution >= 4 is 11.9 Å². The summed E-state index contributed by atoms with van der Waals surface area (Å²) < 4.78 is 16.5. The fraction of sp³-hybridized carbons (Fsp3) is 0.286. The van der Waals surface area contributed by atoms with Crippen LogP contribution in [0.3, 0.4) is 0 Å². The van der Waals surface area contributed by atoms with Gasteiger partial charge in [0.2, 0.25) is 0 Å². The van der Waals surface area contributed by atoms with Gasteiger partial charge in [0.1, 0.15) is 40.7 Å². The summed E-state index contributed by atoms with van der Waals surface area (Å²) in [7, 11) is 0. The Labute approximate surface area is 204 Å². The zero-order chi connectivity index (χ0) is 25.7. The topological polar surface area (TPSA) is 102 Å². The summed E-state index contributed by atoms with van der Waals surface area (Å²) in [5.74, 6) is -1.44. The highest BCUT2D eigenvalue weighted by atomic mass is 16.5. The molecule has 0 atom stereocenters. The van der Waals surface area contributed by atoms with Crippen LogP contribution < -0.4 is 9.47 Å². The number of esters is 2. The van der Waals surface area contributed by atoms with E-state index in [1.54, 1.807) is 26.8 Å². The van der Waals surface area contributed by atoms with E-state index in [4.69, 9.17) is 14.2 Å². The predicted octanol–water partition coefficient (Wildman–Crippen LogP) is 5.70. The number of aryl methyl sites for hydroxylation is 2. The second-order valence-corrected chi connectivity index (χ2v) is 8.38. The van der Waals surface area contributed by atoms with Crippen LogP contribution in [0.1, 0.15) is 61.9 Å². The fourth-order valence-electron chi connectivity index (χ4n) is 3.66. The summed E-state index contributed by atoms with van der Waals surface area (Å²) >= 11 is 0. The smallest absolute Gasteiger partial charge is 0.347 e. The molecule has 0 aliphatic carbocycles. The van der Waals surface area contributed by atoms with Crippen LogP contribution in [-0.2, 0) is 11.3 Å². The fourth-order valence-corrected chi connectivity index (χ4v) is 3.66. The van der Waals surface area contributed by atoms with Crippen LogP contribution in [-0.4, -0.2) is 28.8 Å². The van der Waals surface area contributed by atoms with E-state index in [0.29, 0.717) is 35.5 Å². The van der Waals surface area contributed by atoms with Gasteiger partial charge in [-0.1, -0.05) is 37.3 Å². The number of hydrogen-bond acceptors (Lipinski definition) is 7. The van der Waals surface area contributed by atoms with Gasteiger partial charge in [0.15, 0.2) is 0 Å². The first-order chi connectivity index (χ1) is 16.6. The van der Waals surface area contributed by atoms with Gasteiger partial charge in [0, 0.05) is 11.1 Å². The zero-order valence-corrected chi connectivity index (χ0v) is 20.6. The largest absolute Gasteiger partial charge is 0.507 e. The van der Waals surface area contributed by atoms with Crippen LogP contribution in [0, 0.1) is 27.7 Å². The normalized spacial score (nSPS) is 10.7. The lowest BCUT2D eigenvalue weighted by Crippen LogP contribution is -2.14. The predicted molar refractivity (Wildman–Crippen MR) is 131 cm³/mol. The first kappa shape index (κ1) is 25.6. The maximum atomic E-state index is 13.0. The van der Waals surface area contributed by atoms with Crippen molar-refractivity contribution < 1.29 is 34.0 Å². The number of phenolic OH excluding ortho intramolecular Hbond substituents is 2. The molecule has 0 aromatic heterocycles. The van der Waals surface area contributed by atoms with Gasteiger partial charge in [0.25, 0.3) is 0 Å². The summed E-state index contributed by atoms with van der Waals surface area (Å²) in [6.45, 7) is 8.90. The van der Waals surface area contributed by atoms with Crippen LogP contribution in [0.5, 0.6) is 23.0 Å². The average Bonchev–Trinajstić information content (AvgIpc) is 2.83. The Morgan fingerprint density at radius 2 is 1.34 bits per heavy atom. The van der Waals surface area contributed by atoms with Gasteiger partial charge in [-0.05, 0) is 62.9 Å². The molecule has 0 aliphatic heterocycles. The van der Waals surface area contributed by atoms with E-state index in [0.717, 1.165) is 5.56 Å². The Bertz CT molecular complexity index is 1250. The van der Waals surface area contributed by atoms with Crippen molar-refractivity contribution in [2.75, 3.05) is 6.61 Å². The van der Waals surface area contributed by atoms with Crippen LogP contribution >= 0.6 is 0 Å². The third-order valence-corrected chi connectivity index (χ3v) is 5.69. The molecule has 3 rings (SSSR count). The maximum absolute atomic E-state index is 13.0. The van der Waals surface area contributed by atoms with Crippen LogP contribution in [0.15, 0.2) is 42.5 Å². The number of benzene rings is 3. The van der Waals surface area contributed by atoms with Crippen molar-refractivity contribution in [3.63, 3.8) is 0 Å². The number of phenols is 2. The SMILES string of the molecule is CCCOC(=O)c1c(C)cc(OC(=O)c2c(C)cc(OCc3ccccc3)c(C)c2O)c(C)c1O. The van der Waals surface area contributed by atoms with Gasteiger partial charge in [-0.15, -0.1) is 0 Å². The summed E-state index contributed by atoms with van der Waals surface area (Å²) in [6.07, 6.45) is 0.651. The Morgan fingerprint density at radius 1 is 0.800 bits per heavy atom. The summed E-state index contributed by atoms with van der Waals surface area (Å²) in [6, 6.07) is 12.8. The third-order valence-electron chi connectivity index (χ3n) is 5.69. The summed E-state index contributed by atoms with van der Waals surface area (Å²) in [5, 5.41) is 21.4. The van der Waals surface area contributed by atoms with Crippen molar-refractivity contribution in [3.05, 3.63) is 81.4 Å². The zero-order valence-electron chi connectivity index (χ0n) is 20.6. The highest BCUT2D eigenvalue weighted by Gasteiger charge is 2.25. The molecule has 0 amide bonds. The lowest BCUT2D eigenvalue weighted by Gasteiger charge is -2.17. The molecule has 0 bridgehead atoms. The lowest BCUT2D eigenvalue weighted by atomic mass is 10.0. The molecule has 0 spiro atoms. The summed E-state index contributed by atoms with van der Waals surface area (Å²) in [4.78, 5) is 25.4. The molecule has 0 saturated carbocycles. The number of carbonyl (C=O) groups is 2. The van der Waals surface area contributed by atoms with E-state index in [1.165, 1.54) is 13.0 Å². The number of aromatic hydroxyl groups is 2. The minimum Gasteiger partial charge on any atom is -0.507 e. The Kier molecular flexibility index (Phi) is 8.02. The molecule has 0 saturated heterocycles. The molecule has 35 heavy (non-hydrogen) atoms. The van der Waals surface area contributed by atoms with E-state index in [9.17, 15) is 19.8 Å². The average molecular weight is 479 g/mol. The molecule has 0 radical (unpaired) electrons. The van der Waals surface area contributed by atoms with Crippen LogP contribution in [0.2, 0.25) is 0 Å². The highest BCUT2D eigenvalue weighted by molar-refractivity contribution is 5.98. The Balaban J connectivity index is 1.86. The number of carbonyl (C=O) groups excluding carboxylic acids is 2.